The number of benzene rings is 1. The lowest BCUT2D eigenvalue weighted by molar-refractivity contribution is -0.144. The van der Waals surface area contributed by atoms with E-state index in [1.54, 1.807) is 10.9 Å². The molecule has 0 saturated carbocycles. The van der Waals surface area contributed by atoms with E-state index in [9.17, 15) is 15.0 Å². The maximum absolute atomic E-state index is 12.0. The molecule has 0 amide bonds. The summed E-state index contributed by atoms with van der Waals surface area (Å²) in [4.78, 5) is 14.0. The molecule has 1 aliphatic rings. The van der Waals surface area contributed by atoms with Gasteiger partial charge in [-0.1, -0.05) is 12.1 Å². The van der Waals surface area contributed by atoms with E-state index < -0.39 is 12.0 Å². The molecule has 1 fully saturated rings. The van der Waals surface area contributed by atoms with Crippen LogP contribution >= 0.6 is 0 Å². The summed E-state index contributed by atoms with van der Waals surface area (Å²) in [6, 6.07) is 6.93. The SMILES string of the molecule is Cc1ccc(C(C(=O)O)N2CCC(CO)CC2)c(-n2cccn2)c1. The maximum Gasteiger partial charge on any atom is 0.325 e. The molecular weight excluding hydrogens is 306 g/mol. The Morgan fingerprint density at radius 2 is 2.12 bits per heavy atom. The molecule has 1 atom stereocenters. The van der Waals surface area contributed by atoms with Crippen LogP contribution in [0.15, 0.2) is 36.7 Å². The zero-order valence-electron chi connectivity index (χ0n) is 13.8. The summed E-state index contributed by atoms with van der Waals surface area (Å²) in [6.07, 6.45) is 5.16. The van der Waals surface area contributed by atoms with E-state index in [4.69, 9.17) is 0 Å². The van der Waals surface area contributed by atoms with Crippen LogP contribution in [0.25, 0.3) is 5.69 Å². The van der Waals surface area contributed by atoms with Crippen molar-refractivity contribution in [2.24, 2.45) is 5.92 Å². The van der Waals surface area contributed by atoms with Crippen LogP contribution in [-0.4, -0.2) is 50.6 Å². The Kier molecular flexibility index (Phi) is 4.97. The molecular formula is C18H23N3O3. The number of carboxylic acid groups (broad SMARTS) is 1. The van der Waals surface area contributed by atoms with Crippen molar-refractivity contribution in [2.75, 3.05) is 19.7 Å². The number of piperidine rings is 1. The highest BCUT2D eigenvalue weighted by atomic mass is 16.4. The molecule has 0 spiro atoms. The number of aliphatic hydroxyl groups is 1. The molecule has 3 rings (SSSR count). The number of aliphatic carboxylic acids is 1. The average Bonchev–Trinajstić information content (AvgIpc) is 3.11. The number of likely N-dealkylation sites (tertiary alicyclic amines) is 1. The third-order valence-corrected chi connectivity index (χ3v) is 4.74. The first-order valence-electron chi connectivity index (χ1n) is 8.28. The van der Waals surface area contributed by atoms with Crippen LogP contribution in [-0.2, 0) is 4.79 Å². The fraction of sp³-hybridized carbons (Fsp3) is 0.444. The van der Waals surface area contributed by atoms with Gasteiger partial charge in [0.05, 0.1) is 5.69 Å². The Labute approximate surface area is 141 Å². The predicted octanol–water partition coefficient (Wildman–Crippen LogP) is 2.01. The summed E-state index contributed by atoms with van der Waals surface area (Å²) < 4.78 is 1.72. The van der Waals surface area contributed by atoms with Crippen LogP contribution in [0.5, 0.6) is 0 Å². The number of nitrogens with zero attached hydrogens (tertiary/aromatic N) is 3. The number of carbonyl (C=O) groups is 1. The van der Waals surface area contributed by atoms with Gasteiger partial charge in [-0.05, 0) is 56.5 Å². The molecule has 6 heteroatoms. The van der Waals surface area contributed by atoms with Crippen molar-refractivity contribution in [3.05, 3.63) is 47.8 Å². The van der Waals surface area contributed by atoms with Gasteiger partial charge < -0.3 is 10.2 Å². The lowest BCUT2D eigenvalue weighted by atomic mass is 9.94. The van der Waals surface area contributed by atoms with Crippen molar-refractivity contribution in [1.82, 2.24) is 14.7 Å². The molecule has 2 aromatic rings. The lowest BCUT2D eigenvalue weighted by Gasteiger charge is -2.35. The van der Waals surface area contributed by atoms with Crippen LogP contribution < -0.4 is 0 Å². The molecule has 6 nitrogen and oxygen atoms in total. The van der Waals surface area contributed by atoms with E-state index in [1.807, 2.05) is 42.3 Å². The van der Waals surface area contributed by atoms with Gasteiger partial charge in [0, 0.05) is 24.6 Å². The second kappa shape index (κ2) is 7.15. The van der Waals surface area contributed by atoms with E-state index in [2.05, 4.69) is 5.10 Å². The van der Waals surface area contributed by atoms with Crippen molar-refractivity contribution < 1.29 is 15.0 Å². The highest BCUT2D eigenvalue weighted by Crippen LogP contribution is 2.31. The summed E-state index contributed by atoms with van der Waals surface area (Å²) in [6.45, 7) is 3.51. The Bertz CT molecular complexity index is 692. The van der Waals surface area contributed by atoms with Crippen LogP contribution in [0.1, 0.15) is 30.0 Å². The molecule has 1 aromatic heterocycles. The van der Waals surface area contributed by atoms with Crippen LogP contribution in [0.3, 0.4) is 0 Å². The van der Waals surface area contributed by atoms with E-state index in [-0.39, 0.29) is 12.5 Å². The van der Waals surface area contributed by atoms with Crippen molar-refractivity contribution in [3.63, 3.8) is 0 Å². The summed E-state index contributed by atoms with van der Waals surface area (Å²) in [5, 5.41) is 23.4. The number of hydrogen-bond donors (Lipinski definition) is 2. The molecule has 0 radical (unpaired) electrons. The molecule has 24 heavy (non-hydrogen) atoms. The third-order valence-electron chi connectivity index (χ3n) is 4.74. The molecule has 1 aromatic carbocycles. The van der Waals surface area contributed by atoms with Gasteiger partial charge in [0.1, 0.15) is 6.04 Å². The highest BCUT2D eigenvalue weighted by Gasteiger charge is 2.32. The number of hydrogen-bond acceptors (Lipinski definition) is 4. The molecule has 1 aliphatic heterocycles. The smallest absolute Gasteiger partial charge is 0.325 e. The summed E-state index contributed by atoms with van der Waals surface area (Å²) in [7, 11) is 0. The van der Waals surface area contributed by atoms with Crippen molar-refractivity contribution in [3.8, 4) is 5.69 Å². The highest BCUT2D eigenvalue weighted by molar-refractivity contribution is 5.77. The van der Waals surface area contributed by atoms with Gasteiger partial charge in [0.2, 0.25) is 0 Å². The molecule has 1 saturated heterocycles. The topological polar surface area (TPSA) is 78.6 Å². The maximum atomic E-state index is 12.0. The first-order chi connectivity index (χ1) is 11.6. The van der Waals surface area contributed by atoms with Crippen molar-refractivity contribution in [1.29, 1.82) is 0 Å². The van der Waals surface area contributed by atoms with Crippen LogP contribution in [0, 0.1) is 12.8 Å². The molecule has 0 aliphatic carbocycles. The summed E-state index contributed by atoms with van der Waals surface area (Å²) in [5.74, 6) is -0.575. The molecule has 128 valence electrons. The molecule has 2 heterocycles. The Morgan fingerprint density at radius 1 is 1.38 bits per heavy atom. The van der Waals surface area contributed by atoms with Gasteiger partial charge in [-0.15, -0.1) is 0 Å². The Hall–Kier alpha value is -2.18. The summed E-state index contributed by atoms with van der Waals surface area (Å²) in [5.41, 5.74) is 2.61. The van der Waals surface area contributed by atoms with E-state index in [0.717, 1.165) is 29.7 Å². The lowest BCUT2D eigenvalue weighted by Crippen LogP contribution is -2.41. The van der Waals surface area contributed by atoms with Gasteiger partial charge in [-0.2, -0.15) is 5.10 Å². The normalized spacial score (nSPS) is 17.8. The predicted molar refractivity (Wildman–Crippen MR) is 90.1 cm³/mol. The molecule has 1 unspecified atom stereocenters. The minimum atomic E-state index is -0.852. The summed E-state index contributed by atoms with van der Waals surface area (Å²) >= 11 is 0. The number of aryl methyl sites for hydroxylation is 1. The number of rotatable bonds is 5. The van der Waals surface area contributed by atoms with E-state index in [1.165, 1.54) is 0 Å². The van der Waals surface area contributed by atoms with Crippen LogP contribution in [0.2, 0.25) is 0 Å². The monoisotopic (exact) mass is 329 g/mol. The van der Waals surface area contributed by atoms with E-state index in [0.29, 0.717) is 13.1 Å². The van der Waals surface area contributed by atoms with Crippen molar-refractivity contribution >= 4 is 5.97 Å². The standard InChI is InChI=1S/C18H23N3O3/c1-13-3-4-15(16(11-13)21-8-2-7-19-21)17(18(23)24)20-9-5-14(12-22)6-10-20/h2-4,7-8,11,14,17,22H,5-6,9-10,12H2,1H3,(H,23,24). The molecule has 0 bridgehead atoms. The van der Waals surface area contributed by atoms with Gasteiger partial charge >= 0.3 is 5.97 Å². The molecule has 2 N–H and O–H groups in total. The minimum Gasteiger partial charge on any atom is -0.480 e. The van der Waals surface area contributed by atoms with Gasteiger partial charge in [0.25, 0.3) is 0 Å². The number of aliphatic hydroxyl groups excluding tert-OH is 1. The average molecular weight is 329 g/mol. The Morgan fingerprint density at radius 3 is 2.71 bits per heavy atom. The van der Waals surface area contributed by atoms with Gasteiger partial charge in [-0.25, -0.2) is 4.68 Å². The number of carboxylic acids is 1. The van der Waals surface area contributed by atoms with E-state index >= 15 is 0 Å². The van der Waals surface area contributed by atoms with Crippen molar-refractivity contribution in [2.45, 2.75) is 25.8 Å². The van der Waals surface area contributed by atoms with Crippen LogP contribution in [0.4, 0.5) is 0 Å². The second-order valence-electron chi connectivity index (χ2n) is 6.42. The zero-order valence-corrected chi connectivity index (χ0v) is 13.8. The zero-order chi connectivity index (χ0) is 17.1. The third kappa shape index (κ3) is 3.34. The van der Waals surface area contributed by atoms with Gasteiger partial charge in [0.15, 0.2) is 0 Å². The quantitative estimate of drug-likeness (QED) is 0.877. The second-order valence-corrected chi connectivity index (χ2v) is 6.42. The largest absolute Gasteiger partial charge is 0.480 e. The minimum absolute atomic E-state index is 0.175. The fourth-order valence-corrected chi connectivity index (χ4v) is 3.37. The van der Waals surface area contributed by atoms with Gasteiger partial charge in [-0.3, -0.25) is 9.69 Å². The first-order valence-corrected chi connectivity index (χ1v) is 8.28. The number of aromatic nitrogens is 2. The fourth-order valence-electron chi connectivity index (χ4n) is 3.37. The first kappa shape index (κ1) is 16.7. The Balaban J connectivity index is 1.96.